The molecule has 5 rings (SSSR count). The standard InChI is InChI=1S/C10H12N2O/c13-9-5-1-7-3-6(9)4-8(2-5)10(7)11-12-10/h5-8H,1-4H2. The molecule has 0 N–H and O–H groups in total. The zero-order valence-electron chi connectivity index (χ0n) is 7.44. The van der Waals surface area contributed by atoms with Gasteiger partial charge in [-0.15, -0.1) is 0 Å². The van der Waals surface area contributed by atoms with Gasteiger partial charge in [0, 0.05) is 23.7 Å². The van der Waals surface area contributed by atoms with E-state index in [9.17, 15) is 4.79 Å². The maximum absolute atomic E-state index is 11.7. The van der Waals surface area contributed by atoms with Gasteiger partial charge in [0.1, 0.15) is 5.78 Å². The lowest BCUT2D eigenvalue weighted by molar-refractivity contribution is -0.143. The van der Waals surface area contributed by atoms with E-state index in [1.165, 1.54) is 0 Å². The van der Waals surface area contributed by atoms with E-state index in [2.05, 4.69) is 10.2 Å². The Kier molecular flexibility index (Phi) is 0.886. The molecule has 0 unspecified atom stereocenters. The summed E-state index contributed by atoms with van der Waals surface area (Å²) in [4.78, 5) is 11.7. The summed E-state index contributed by atoms with van der Waals surface area (Å²) in [5.41, 5.74) is 0.0354. The topological polar surface area (TPSA) is 41.8 Å². The molecule has 3 heteroatoms. The average molecular weight is 176 g/mol. The van der Waals surface area contributed by atoms with Crippen molar-refractivity contribution in [2.45, 2.75) is 31.3 Å². The quantitative estimate of drug-likeness (QED) is 0.554. The van der Waals surface area contributed by atoms with Crippen molar-refractivity contribution in [1.82, 2.24) is 0 Å². The molecule has 4 saturated carbocycles. The molecule has 0 amide bonds. The minimum Gasteiger partial charge on any atom is -0.299 e. The fourth-order valence-electron chi connectivity index (χ4n) is 3.97. The van der Waals surface area contributed by atoms with Gasteiger partial charge in [-0.1, -0.05) is 0 Å². The first-order chi connectivity index (χ1) is 6.29. The third kappa shape index (κ3) is 0.597. The second-order valence-corrected chi connectivity index (χ2v) is 5.12. The van der Waals surface area contributed by atoms with Crippen LogP contribution in [-0.4, -0.2) is 11.4 Å². The van der Waals surface area contributed by atoms with Crippen LogP contribution in [-0.2, 0) is 4.79 Å². The molecule has 3 nitrogen and oxygen atoms in total. The average Bonchev–Trinajstić information content (AvgIpc) is 2.83. The number of hydrogen-bond acceptors (Lipinski definition) is 3. The Bertz CT molecular complexity index is 294. The van der Waals surface area contributed by atoms with Gasteiger partial charge in [0.05, 0.1) is 0 Å². The number of hydrogen-bond donors (Lipinski definition) is 0. The summed E-state index contributed by atoms with van der Waals surface area (Å²) in [5.74, 6) is 2.60. The van der Waals surface area contributed by atoms with Crippen molar-refractivity contribution < 1.29 is 4.79 Å². The predicted molar refractivity (Wildman–Crippen MR) is 45.0 cm³/mol. The van der Waals surface area contributed by atoms with Crippen molar-refractivity contribution in [1.29, 1.82) is 0 Å². The number of Topliss-reactive ketones (excluding diaryl/α,β-unsaturated/α-hetero) is 1. The van der Waals surface area contributed by atoms with Crippen molar-refractivity contribution in [2.24, 2.45) is 33.9 Å². The molecule has 0 aromatic heterocycles. The first-order valence-corrected chi connectivity index (χ1v) is 5.27. The Labute approximate surface area is 76.6 Å². The van der Waals surface area contributed by atoms with Crippen LogP contribution in [0.2, 0.25) is 0 Å². The normalized spacial score (nSPS) is 53.4. The minimum atomic E-state index is 0.0354. The fourth-order valence-corrected chi connectivity index (χ4v) is 3.97. The van der Waals surface area contributed by atoms with Crippen molar-refractivity contribution in [3.05, 3.63) is 0 Å². The van der Waals surface area contributed by atoms with Gasteiger partial charge in [-0.05, 0) is 25.7 Å². The van der Waals surface area contributed by atoms with Crippen LogP contribution in [0.15, 0.2) is 10.2 Å². The second-order valence-electron chi connectivity index (χ2n) is 5.12. The van der Waals surface area contributed by atoms with Crippen molar-refractivity contribution in [2.75, 3.05) is 0 Å². The number of nitrogens with zero attached hydrogens (tertiary/aromatic N) is 2. The van der Waals surface area contributed by atoms with Crippen LogP contribution in [0.4, 0.5) is 0 Å². The van der Waals surface area contributed by atoms with Gasteiger partial charge in [0.2, 0.25) is 0 Å². The van der Waals surface area contributed by atoms with Gasteiger partial charge in [0.15, 0.2) is 5.66 Å². The molecule has 4 fully saturated rings. The minimum absolute atomic E-state index is 0.0354. The van der Waals surface area contributed by atoms with Crippen LogP contribution >= 0.6 is 0 Å². The molecule has 1 aliphatic heterocycles. The van der Waals surface area contributed by atoms with E-state index >= 15 is 0 Å². The summed E-state index contributed by atoms with van der Waals surface area (Å²) in [7, 11) is 0. The smallest absolute Gasteiger partial charge is 0.196 e. The van der Waals surface area contributed by atoms with E-state index in [1.807, 2.05) is 0 Å². The van der Waals surface area contributed by atoms with E-state index in [4.69, 9.17) is 0 Å². The Hall–Kier alpha value is -0.730. The molecule has 0 radical (unpaired) electrons. The highest BCUT2D eigenvalue weighted by Crippen LogP contribution is 2.63. The number of carbonyl (C=O) groups is 1. The van der Waals surface area contributed by atoms with Gasteiger partial charge >= 0.3 is 0 Å². The molecule has 68 valence electrons. The number of rotatable bonds is 0. The highest BCUT2D eigenvalue weighted by Gasteiger charge is 2.65. The van der Waals surface area contributed by atoms with Gasteiger partial charge < -0.3 is 0 Å². The summed E-state index contributed by atoms with van der Waals surface area (Å²) >= 11 is 0. The van der Waals surface area contributed by atoms with Gasteiger partial charge in [0.25, 0.3) is 0 Å². The van der Waals surface area contributed by atoms with Gasteiger partial charge in [-0.3, -0.25) is 4.79 Å². The molecule has 1 spiro atoms. The Balaban J connectivity index is 1.79. The maximum Gasteiger partial charge on any atom is 0.196 e. The van der Waals surface area contributed by atoms with Crippen LogP contribution in [0.3, 0.4) is 0 Å². The lowest BCUT2D eigenvalue weighted by Gasteiger charge is -2.51. The summed E-state index contributed by atoms with van der Waals surface area (Å²) < 4.78 is 0. The van der Waals surface area contributed by atoms with Gasteiger partial charge in [-0.25, -0.2) is 0 Å². The van der Waals surface area contributed by atoms with Crippen LogP contribution in [0, 0.1) is 23.7 Å². The van der Waals surface area contributed by atoms with Crippen LogP contribution in [0.5, 0.6) is 0 Å². The van der Waals surface area contributed by atoms with Crippen molar-refractivity contribution >= 4 is 5.78 Å². The molecule has 0 aromatic carbocycles. The summed E-state index contributed by atoms with van der Waals surface area (Å²) in [6.07, 6.45) is 4.33. The zero-order valence-corrected chi connectivity index (χ0v) is 7.44. The van der Waals surface area contributed by atoms with Crippen molar-refractivity contribution in [3.63, 3.8) is 0 Å². The van der Waals surface area contributed by atoms with E-state index in [0.29, 0.717) is 29.5 Å². The first-order valence-electron chi connectivity index (χ1n) is 5.27. The van der Waals surface area contributed by atoms with Crippen LogP contribution in [0.25, 0.3) is 0 Å². The Morgan fingerprint density at radius 1 is 1.00 bits per heavy atom. The third-order valence-electron chi connectivity index (χ3n) is 4.61. The summed E-state index contributed by atoms with van der Waals surface area (Å²) in [6, 6.07) is 0. The molecule has 1 heterocycles. The van der Waals surface area contributed by atoms with E-state index in [-0.39, 0.29) is 5.66 Å². The van der Waals surface area contributed by atoms with E-state index in [0.717, 1.165) is 25.7 Å². The first kappa shape index (κ1) is 6.68. The van der Waals surface area contributed by atoms with Crippen molar-refractivity contribution in [3.8, 4) is 0 Å². The zero-order chi connectivity index (χ0) is 8.63. The number of ketones is 1. The Morgan fingerprint density at radius 2 is 1.46 bits per heavy atom. The SMILES string of the molecule is O=C1C2CC3CC1CC(C2)C31N=N1. The van der Waals surface area contributed by atoms with Gasteiger partial charge in [-0.2, -0.15) is 10.2 Å². The lowest BCUT2D eigenvalue weighted by atomic mass is 9.52. The molecule has 4 aliphatic carbocycles. The molecule has 0 saturated heterocycles. The molecule has 5 aliphatic rings. The maximum atomic E-state index is 11.7. The predicted octanol–water partition coefficient (Wildman–Crippen LogP) is 1.78. The number of carbonyl (C=O) groups excluding carboxylic acids is 1. The summed E-state index contributed by atoms with van der Waals surface area (Å²) in [6.45, 7) is 0. The highest BCUT2D eigenvalue weighted by molar-refractivity contribution is 5.85. The lowest BCUT2D eigenvalue weighted by Crippen LogP contribution is -2.54. The van der Waals surface area contributed by atoms with Crippen LogP contribution < -0.4 is 0 Å². The molecule has 13 heavy (non-hydrogen) atoms. The largest absolute Gasteiger partial charge is 0.299 e. The fraction of sp³-hybridized carbons (Fsp3) is 0.900. The highest BCUT2D eigenvalue weighted by atomic mass is 16.1. The monoisotopic (exact) mass is 176 g/mol. The third-order valence-corrected chi connectivity index (χ3v) is 4.61. The van der Waals surface area contributed by atoms with E-state index in [1.54, 1.807) is 0 Å². The molecular formula is C10H12N2O. The van der Waals surface area contributed by atoms with Crippen LogP contribution in [0.1, 0.15) is 25.7 Å². The second kappa shape index (κ2) is 1.72. The molecule has 4 bridgehead atoms. The summed E-state index contributed by atoms with van der Waals surface area (Å²) in [5, 5.41) is 8.54. The molecule has 0 aromatic rings. The molecule has 0 atom stereocenters. The van der Waals surface area contributed by atoms with E-state index < -0.39 is 0 Å². The Morgan fingerprint density at radius 3 is 1.85 bits per heavy atom. The molecular weight excluding hydrogens is 164 g/mol.